The van der Waals surface area contributed by atoms with Gasteiger partial charge in [0.2, 0.25) is 0 Å². The first-order valence-electron chi connectivity index (χ1n) is 8.81. The largest absolute Gasteiger partial charge is 0.393 e. The number of fused-ring (bicyclic) bond motifs is 5. The van der Waals surface area contributed by atoms with Gasteiger partial charge in [0, 0.05) is 5.41 Å². The lowest BCUT2D eigenvalue weighted by Crippen LogP contribution is -2.54. The zero-order chi connectivity index (χ0) is 15.7. The quantitative estimate of drug-likeness (QED) is 0.602. The van der Waals surface area contributed by atoms with E-state index < -0.39 is 12.2 Å². The molecule has 0 aliphatic heterocycles. The first-order chi connectivity index (χ1) is 10.4. The van der Waals surface area contributed by atoms with E-state index in [4.69, 9.17) is 0 Å². The van der Waals surface area contributed by atoms with Gasteiger partial charge in [-0.15, -0.1) is 0 Å². The minimum atomic E-state index is -0.429. The maximum absolute atomic E-state index is 10.8. The molecule has 3 heteroatoms. The number of allylic oxidation sites excluding steroid dienone is 1. The van der Waals surface area contributed by atoms with Crippen LogP contribution in [0.3, 0.4) is 0 Å². The minimum absolute atomic E-state index is 0.0260. The Hall–Kier alpha value is -0.640. The Balaban J connectivity index is 1.76. The summed E-state index contributed by atoms with van der Waals surface area (Å²) >= 11 is 0. The molecule has 0 aromatic carbocycles. The van der Waals surface area contributed by atoms with E-state index in [0.29, 0.717) is 18.3 Å². The van der Waals surface area contributed by atoms with Crippen molar-refractivity contribution in [2.75, 3.05) is 0 Å². The van der Waals surface area contributed by atoms with Crippen molar-refractivity contribution in [2.24, 2.45) is 28.6 Å². The summed E-state index contributed by atoms with van der Waals surface area (Å²) < 4.78 is 0. The second-order valence-electron chi connectivity index (χ2n) is 8.52. The monoisotopic (exact) mass is 304 g/mol. The second kappa shape index (κ2) is 4.68. The van der Waals surface area contributed by atoms with Crippen molar-refractivity contribution in [3.8, 4) is 0 Å². The van der Waals surface area contributed by atoms with Gasteiger partial charge >= 0.3 is 0 Å². The SMILES string of the molecule is C[C@]12CC[C@H]3[C@@H]([C@@H](O)C=C4C[C@@H](O)C=C[C@@]43C)[C@@H]1CC[C@@H]2O. The van der Waals surface area contributed by atoms with E-state index in [0.717, 1.165) is 25.7 Å². The first-order valence-corrected chi connectivity index (χ1v) is 8.81. The molecule has 0 unspecified atom stereocenters. The zero-order valence-electron chi connectivity index (χ0n) is 13.6. The Morgan fingerprint density at radius 1 is 1.05 bits per heavy atom. The summed E-state index contributed by atoms with van der Waals surface area (Å²) in [5.74, 6) is 1.07. The summed E-state index contributed by atoms with van der Waals surface area (Å²) in [4.78, 5) is 0. The van der Waals surface area contributed by atoms with Gasteiger partial charge in [-0.05, 0) is 55.3 Å². The molecule has 4 rings (SSSR count). The smallest absolute Gasteiger partial charge is 0.0758 e. The van der Waals surface area contributed by atoms with Crippen molar-refractivity contribution in [1.82, 2.24) is 0 Å². The Kier molecular flexibility index (Phi) is 3.18. The Morgan fingerprint density at radius 3 is 2.59 bits per heavy atom. The molecule has 0 heterocycles. The molecular weight excluding hydrogens is 276 g/mol. The summed E-state index contributed by atoms with van der Waals surface area (Å²) in [5.41, 5.74) is 1.15. The van der Waals surface area contributed by atoms with Gasteiger partial charge < -0.3 is 15.3 Å². The molecule has 0 aromatic heterocycles. The topological polar surface area (TPSA) is 60.7 Å². The third kappa shape index (κ3) is 1.79. The number of aliphatic hydroxyl groups is 3. The lowest BCUT2D eigenvalue weighted by atomic mass is 9.48. The molecule has 22 heavy (non-hydrogen) atoms. The fraction of sp³-hybridized carbons (Fsp3) is 0.789. The summed E-state index contributed by atoms with van der Waals surface area (Å²) in [6.45, 7) is 4.50. The molecule has 3 nitrogen and oxygen atoms in total. The van der Waals surface area contributed by atoms with E-state index in [-0.39, 0.29) is 22.9 Å². The maximum atomic E-state index is 10.8. The second-order valence-corrected chi connectivity index (χ2v) is 8.52. The van der Waals surface area contributed by atoms with Crippen molar-refractivity contribution in [1.29, 1.82) is 0 Å². The molecule has 8 atom stereocenters. The molecule has 0 aromatic rings. The third-order valence-electron chi connectivity index (χ3n) is 7.60. The average molecular weight is 304 g/mol. The highest BCUT2D eigenvalue weighted by molar-refractivity contribution is 5.34. The number of hydrogen-bond donors (Lipinski definition) is 3. The van der Waals surface area contributed by atoms with Crippen molar-refractivity contribution in [3.05, 3.63) is 23.8 Å². The molecule has 0 amide bonds. The lowest BCUT2D eigenvalue weighted by Gasteiger charge is -2.57. The van der Waals surface area contributed by atoms with Gasteiger partial charge in [0.05, 0.1) is 18.3 Å². The van der Waals surface area contributed by atoms with Gasteiger partial charge in [0.1, 0.15) is 0 Å². The van der Waals surface area contributed by atoms with Gasteiger partial charge in [-0.3, -0.25) is 0 Å². The van der Waals surface area contributed by atoms with Crippen molar-refractivity contribution >= 4 is 0 Å². The molecule has 4 aliphatic rings. The van der Waals surface area contributed by atoms with E-state index in [1.807, 2.05) is 12.2 Å². The van der Waals surface area contributed by atoms with Crippen LogP contribution in [0.5, 0.6) is 0 Å². The highest BCUT2D eigenvalue weighted by Gasteiger charge is 2.59. The van der Waals surface area contributed by atoms with Crippen molar-refractivity contribution in [2.45, 2.75) is 64.3 Å². The molecule has 0 bridgehead atoms. The molecule has 0 spiro atoms. The van der Waals surface area contributed by atoms with Gasteiger partial charge in [-0.2, -0.15) is 0 Å². The average Bonchev–Trinajstić information content (AvgIpc) is 2.77. The lowest BCUT2D eigenvalue weighted by molar-refractivity contribution is -0.0907. The zero-order valence-corrected chi connectivity index (χ0v) is 13.6. The summed E-state index contributed by atoms with van der Waals surface area (Å²) in [6, 6.07) is 0. The van der Waals surface area contributed by atoms with E-state index >= 15 is 0 Å². The first kappa shape index (κ1) is 14.9. The van der Waals surface area contributed by atoms with Gasteiger partial charge in [-0.25, -0.2) is 0 Å². The highest BCUT2D eigenvalue weighted by atomic mass is 16.3. The summed E-state index contributed by atoms with van der Waals surface area (Å²) in [7, 11) is 0. The number of hydrogen-bond acceptors (Lipinski definition) is 3. The van der Waals surface area contributed by atoms with Crippen molar-refractivity contribution in [3.63, 3.8) is 0 Å². The van der Waals surface area contributed by atoms with Crippen LogP contribution in [0.15, 0.2) is 23.8 Å². The van der Waals surface area contributed by atoms with Crippen LogP contribution < -0.4 is 0 Å². The van der Waals surface area contributed by atoms with Gasteiger partial charge in [0.25, 0.3) is 0 Å². The van der Waals surface area contributed by atoms with Gasteiger partial charge in [-0.1, -0.05) is 37.6 Å². The van der Waals surface area contributed by atoms with Crippen LogP contribution in [0, 0.1) is 28.6 Å². The Labute approximate surface area is 132 Å². The predicted octanol–water partition coefficient (Wildman–Crippen LogP) is 2.42. The number of rotatable bonds is 0. The van der Waals surface area contributed by atoms with Crippen LogP contribution in [0.25, 0.3) is 0 Å². The van der Waals surface area contributed by atoms with Crippen LogP contribution >= 0.6 is 0 Å². The normalized spacial score (nSPS) is 56.9. The van der Waals surface area contributed by atoms with Crippen LogP contribution in [-0.2, 0) is 0 Å². The van der Waals surface area contributed by atoms with Crippen molar-refractivity contribution < 1.29 is 15.3 Å². The molecule has 2 fully saturated rings. The Bertz CT molecular complexity index is 539. The molecule has 4 aliphatic carbocycles. The van der Waals surface area contributed by atoms with Crippen LogP contribution in [0.1, 0.15) is 46.0 Å². The predicted molar refractivity (Wildman–Crippen MR) is 85.0 cm³/mol. The van der Waals surface area contributed by atoms with Crippen LogP contribution in [-0.4, -0.2) is 33.6 Å². The summed E-state index contributed by atoms with van der Waals surface area (Å²) in [6.07, 6.45) is 9.74. The van der Waals surface area contributed by atoms with E-state index in [1.165, 1.54) is 5.57 Å². The molecule has 2 saturated carbocycles. The van der Waals surface area contributed by atoms with Crippen LogP contribution in [0.4, 0.5) is 0 Å². The summed E-state index contributed by atoms with van der Waals surface area (Å²) in [5, 5.41) is 31.2. The fourth-order valence-electron chi connectivity index (χ4n) is 6.20. The third-order valence-corrected chi connectivity index (χ3v) is 7.60. The molecule has 122 valence electrons. The molecular formula is C19H28O3. The Morgan fingerprint density at radius 2 is 1.82 bits per heavy atom. The standard InChI is InChI=1S/C19H28O3/c1-18-7-5-12(20)9-11(18)10-15(21)17-13-3-4-16(22)19(13,2)8-6-14(17)18/h5,7,10,12-17,20-22H,3-4,6,8-9H2,1-2H3/t12-,13-,14-,15-,16-,17-,18-,19-/m0/s1. The molecule has 3 N–H and O–H groups in total. The number of aliphatic hydroxyl groups excluding tert-OH is 3. The van der Waals surface area contributed by atoms with E-state index in [1.54, 1.807) is 0 Å². The van der Waals surface area contributed by atoms with Gasteiger partial charge in [0.15, 0.2) is 0 Å². The van der Waals surface area contributed by atoms with E-state index in [9.17, 15) is 15.3 Å². The van der Waals surface area contributed by atoms with E-state index in [2.05, 4.69) is 19.9 Å². The highest BCUT2D eigenvalue weighted by Crippen LogP contribution is 2.63. The molecule has 0 saturated heterocycles. The molecule has 0 radical (unpaired) electrons. The maximum Gasteiger partial charge on any atom is 0.0758 e. The fourth-order valence-corrected chi connectivity index (χ4v) is 6.20. The minimum Gasteiger partial charge on any atom is -0.393 e. The van der Waals surface area contributed by atoms with Crippen LogP contribution in [0.2, 0.25) is 0 Å².